The van der Waals surface area contributed by atoms with Crippen LogP contribution in [0, 0.1) is 11.8 Å². The Morgan fingerprint density at radius 2 is 2.00 bits per heavy atom. The van der Waals surface area contributed by atoms with E-state index in [2.05, 4.69) is 24.5 Å². The van der Waals surface area contributed by atoms with Crippen LogP contribution in [0.15, 0.2) is 30.3 Å². The number of rotatable bonds is 5. The highest BCUT2D eigenvalue weighted by atomic mass is 16.1. The van der Waals surface area contributed by atoms with Gasteiger partial charge in [0.05, 0.1) is 6.54 Å². The maximum Gasteiger partial charge on any atom is 0.238 e. The van der Waals surface area contributed by atoms with Gasteiger partial charge in [0.25, 0.3) is 0 Å². The number of hydrogen-bond donors (Lipinski definition) is 2. The van der Waals surface area contributed by atoms with Gasteiger partial charge < -0.3 is 10.6 Å². The summed E-state index contributed by atoms with van der Waals surface area (Å²) in [6.45, 7) is 4.96. The molecular weight excluding hydrogens is 236 g/mol. The Morgan fingerprint density at radius 3 is 2.63 bits per heavy atom. The number of carbonyl (C=O) groups is 1. The van der Waals surface area contributed by atoms with E-state index in [1.165, 1.54) is 19.3 Å². The first-order chi connectivity index (χ1) is 9.20. The van der Waals surface area contributed by atoms with Crippen molar-refractivity contribution in [2.45, 2.75) is 39.2 Å². The number of hydrogen-bond acceptors (Lipinski definition) is 2. The van der Waals surface area contributed by atoms with Crippen molar-refractivity contribution < 1.29 is 4.79 Å². The van der Waals surface area contributed by atoms with Crippen LogP contribution in [0.2, 0.25) is 0 Å². The second-order valence-corrected chi connectivity index (χ2v) is 5.51. The summed E-state index contributed by atoms with van der Waals surface area (Å²) in [6, 6.07) is 10.1. The largest absolute Gasteiger partial charge is 0.325 e. The van der Waals surface area contributed by atoms with E-state index < -0.39 is 0 Å². The van der Waals surface area contributed by atoms with Crippen molar-refractivity contribution >= 4 is 11.6 Å². The zero-order valence-electron chi connectivity index (χ0n) is 11.9. The highest BCUT2D eigenvalue weighted by Crippen LogP contribution is 2.33. The van der Waals surface area contributed by atoms with Crippen molar-refractivity contribution in [2.24, 2.45) is 11.8 Å². The lowest BCUT2D eigenvalue weighted by molar-refractivity contribution is -0.115. The van der Waals surface area contributed by atoms with Gasteiger partial charge in [0.15, 0.2) is 0 Å². The molecule has 3 atom stereocenters. The van der Waals surface area contributed by atoms with E-state index in [4.69, 9.17) is 0 Å². The molecule has 0 spiro atoms. The third-order valence-electron chi connectivity index (χ3n) is 4.33. The third kappa shape index (κ3) is 3.80. The fourth-order valence-corrected chi connectivity index (χ4v) is 3.06. The second kappa shape index (κ2) is 6.71. The Bertz CT molecular complexity index is 404. The van der Waals surface area contributed by atoms with Crippen molar-refractivity contribution in [1.29, 1.82) is 0 Å². The van der Waals surface area contributed by atoms with E-state index in [9.17, 15) is 4.79 Å². The molecule has 0 heterocycles. The van der Waals surface area contributed by atoms with Crippen molar-refractivity contribution in [3.05, 3.63) is 30.3 Å². The van der Waals surface area contributed by atoms with Gasteiger partial charge in [-0.1, -0.05) is 38.5 Å². The highest BCUT2D eigenvalue weighted by molar-refractivity contribution is 5.92. The standard InChI is InChI=1S/C16H24N2O/c1-3-13-9-10-15(12(13)2)17-11-16(19)18-14-7-5-4-6-8-14/h4-8,12-13,15,17H,3,9-11H2,1-2H3,(H,18,19). The van der Waals surface area contributed by atoms with Crippen LogP contribution in [0.4, 0.5) is 5.69 Å². The van der Waals surface area contributed by atoms with Gasteiger partial charge in [-0.25, -0.2) is 0 Å². The molecule has 0 saturated heterocycles. The number of amides is 1. The summed E-state index contributed by atoms with van der Waals surface area (Å²) in [5.74, 6) is 1.53. The molecule has 1 aromatic rings. The van der Waals surface area contributed by atoms with Crippen molar-refractivity contribution in [1.82, 2.24) is 5.32 Å². The molecule has 0 aromatic heterocycles. The summed E-state index contributed by atoms with van der Waals surface area (Å²) in [6.07, 6.45) is 3.73. The molecule has 0 aliphatic heterocycles. The minimum absolute atomic E-state index is 0.0401. The average Bonchev–Trinajstić information content (AvgIpc) is 2.78. The lowest BCUT2D eigenvalue weighted by atomic mass is 9.93. The molecule has 19 heavy (non-hydrogen) atoms. The summed E-state index contributed by atoms with van der Waals surface area (Å²) in [7, 11) is 0. The van der Waals surface area contributed by atoms with Crippen LogP contribution in [0.5, 0.6) is 0 Å². The van der Waals surface area contributed by atoms with E-state index in [1.807, 2.05) is 30.3 Å². The Kier molecular flexibility index (Phi) is 4.97. The van der Waals surface area contributed by atoms with Crippen LogP contribution >= 0.6 is 0 Å². The lowest BCUT2D eigenvalue weighted by Crippen LogP contribution is -2.38. The maximum absolute atomic E-state index is 11.9. The average molecular weight is 260 g/mol. The molecule has 2 rings (SSSR count). The van der Waals surface area contributed by atoms with Crippen LogP contribution in [0.3, 0.4) is 0 Å². The number of nitrogens with one attached hydrogen (secondary N) is 2. The summed E-state index contributed by atoms with van der Waals surface area (Å²) in [5, 5.41) is 6.31. The highest BCUT2D eigenvalue weighted by Gasteiger charge is 2.31. The van der Waals surface area contributed by atoms with Crippen molar-refractivity contribution in [3.8, 4) is 0 Å². The molecule has 2 N–H and O–H groups in total. The molecular formula is C16H24N2O. The van der Waals surface area contributed by atoms with E-state index >= 15 is 0 Å². The first-order valence-electron chi connectivity index (χ1n) is 7.29. The topological polar surface area (TPSA) is 41.1 Å². The molecule has 3 unspecified atom stereocenters. The number of anilines is 1. The predicted octanol–water partition coefficient (Wildman–Crippen LogP) is 3.04. The minimum Gasteiger partial charge on any atom is -0.325 e. The molecule has 3 nitrogen and oxygen atoms in total. The molecule has 1 fully saturated rings. The van der Waals surface area contributed by atoms with Gasteiger partial charge in [-0.3, -0.25) is 4.79 Å². The van der Waals surface area contributed by atoms with Gasteiger partial charge in [-0.05, 0) is 36.8 Å². The smallest absolute Gasteiger partial charge is 0.238 e. The third-order valence-corrected chi connectivity index (χ3v) is 4.33. The van der Waals surface area contributed by atoms with Gasteiger partial charge in [0.1, 0.15) is 0 Å². The van der Waals surface area contributed by atoms with E-state index in [0.29, 0.717) is 18.5 Å². The number of carbonyl (C=O) groups excluding carboxylic acids is 1. The molecule has 1 aliphatic rings. The quantitative estimate of drug-likeness (QED) is 0.854. The summed E-state index contributed by atoms with van der Waals surface area (Å²) >= 11 is 0. The second-order valence-electron chi connectivity index (χ2n) is 5.51. The lowest BCUT2D eigenvalue weighted by Gasteiger charge is -2.20. The van der Waals surface area contributed by atoms with Crippen molar-refractivity contribution in [2.75, 3.05) is 11.9 Å². The molecule has 1 amide bonds. The van der Waals surface area contributed by atoms with E-state index in [1.54, 1.807) is 0 Å². The summed E-state index contributed by atoms with van der Waals surface area (Å²) in [4.78, 5) is 11.9. The Labute approximate surface area is 115 Å². The molecule has 0 radical (unpaired) electrons. The fourth-order valence-electron chi connectivity index (χ4n) is 3.06. The first kappa shape index (κ1) is 14.1. The van der Waals surface area contributed by atoms with E-state index in [0.717, 1.165) is 11.6 Å². The molecule has 104 valence electrons. The monoisotopic (exact) mass is 260 g/mol. The van der Waals surface area contributed by atoms with Crippen LogP contribution < -0.4 is 10.6 Å². The van der Waals surface area contributed by atoms with Crippen molar-refractivity contribution in [3.63, 3.8) is 0 Å². The first-order valence-corrected chi connectivity index (χ1v) is 7.29. The number of benzene rings is 1. The zero-order valence-corrected chi connectivity index (χ0v) is 11.9. The molecule has 1 saturated carbocycles. The van der Waals surface area contributed by atoms with Crippen LogP contribution in [-0.4, -0.2) is 18.5 Å². The fraction of sp³-hybridized carbons (Fsp3) is 0.562. The van der Waals surface area contributed by atoms with Crippen LogP contribution in [0.25, 0.3) is 0 Å². The van der Waals surface area contributed by atoms with E-state index in [-0.39, 0.29) is 5.91 Å². The van der Waals surface area contributed by atoms with Crippen LogP contribution in [-0.2, 0) is 4.79 Å². The molecule has 1 aliphatic carbocycles. The normalized spacial score (nSPS) is 26.3. The molecule has 3 heteroatoms. The van der Waals surface area contributed by atoms with Gasteiger partial charge in [-0.2, -0.15) is 0 Å². The van der Waals surface area contributed by atoms with Gasteiger partial charge >= 0.3 is 0 Å². The maximum atomic E-state index is 11.9. The summed E-state index contributed by atoms with van der Waals surface area (Å²) in [5.41, 5.74) is 0.861. The Hall–Kier alpha value is -1.35. The predicted molar refractivity (Wildman–Crippen MR) is 79.0 cm³/mol. The Balaban J connectivity index is 1.75. The Morgan fingerprint density at radius 1 is 1.26 bits per heavy atom. The molecule has 1 aromatic carbocycles. The SMILES string of the molecule is CCC1CCC(NCC(=O)Nc2ccccc2)C1C. The van der Waals surface area contributed by atoms with Gasteiger partial charge in [-0.15, -0.1) is 0 Å². The minimum atomic E-state index is 0.0401. The zero-order chi connectivity index (χ0) is 13.7. The van der Waals surface area contributed by atoms with Crippen LogP contribution in [0.1, 0.15) is 33.1 Å². The molecule has 0 bridgehead atoms. The number of para-hydroxylation sites is 1. The summed E-state index contributed by atoms with van der Waals surface area (Å²) < 4.78 is 0. The van der Waals surface area contributed by atoms with Gasteiger partial charge in [0, 0.05) is 11.7 Å². The van der Waals surface area contributed by atoms with Gasteiger partial charge in [0.2, 0.25) is 5.91 Å².